The topological polar surface area (TPSA) is 90.0 Å². The van der Waals surface area contributed by atoms with Crippen LogP contribution in [0.4, 0.5) is 4.79 Å². The van der Waals surface area contributed by atoms with Gasteiger partial charge in [-0.25, -0.2) is 4.79 Å². The predicted octanol–water partition coefficient (Wildman–Crippen LogP) is 4.02. The molecule has 1 aromatic carbocycles. The van der Waals surface area contributed by atoms with E-state index in [9.17, 15) is 19.2 Å². The van der Waals surface area contributed by atoms with Crippen molar-refractivity contribution in [1.29, 1.82) is 0 Å². The third-order valence-corrected chi connectivity index (χ3v) is 8.91. The minimum Gasteiger partial charge on any atom is -0.340 e. The number of hydrogen-bond acceptors (Lipinski definition) is 5. The highest BCUT2D eigenvalue weighted by Gasteiger charge is 2.52. The van der Waals surface area contributed by atoms with Crippen LogP contribution in [0.5, 0.6) is 0 Å². The fraction of sp³-hybridized carbons (Fsp3) is 0.517. The van der Waals surface area contributed by atoms with Crippen LogP contribution in [-0.4, -0.2) is 82.6 Å². The molecule has 0 spiro atoms. The van der Waals surface area contributed by atoms with Crippen LogP contribution in [0.15, 0.2) is 42.5 Å². The van der Waals surface area contributed by atoms with Crippen molar-refractivity contribution in [3.63, 3.8) is 0 Å². The molecule has 3 saturated heterocycles. The van der Waals surface area contributed by atoms with Gasteiger partial charge in [0.15, 0.2) is 5.78 Å². The first-order valence-corrected chi connectivity index (χ1v) is 14.5. The third kappa shape index (κ3) is 5.34. The fourth-order valence-electron chi connectivity index (χ4n) is 5.93. The van der Waals surface area contributed by atoms with Gasteiger partial charge in [0, 0.05) is 24.5 Å². The van der Waals surface area contributed by atoms with Crippen LogP contribution in [0.3, 0.4) is 0 Å². The Kier molecular flexibility index (Phi) is 7.83. The lowest BCUT2D eigenvalue weighted by atomic mass is 10.0. The first-order valence-electron chi connectivity index (χ1n) is 13.7. The Hall–Kier alpha value is -3.20. The zero-order valence-corrected chi connectivity index (χ0v) is 22.9. The number of fused-ring (bicyclic) bond motifs is 1. The summed E-state index contributed by atoms with van der Waals surface area (Å²) in [5, 5.41) is 2.97. The number of thiophene rings is 1. The standard InChI is InChI=1S/C29H36N4O4S/c1-19(2)17-21(30-27(35)25-12-11-24(38-25)20-9-5-3-6-10-20)28(36)32-16-13-22-26(32)23(34)18-33(22)29(37)31-14-7-4-8-15-31/h3,5-6,9-12,19,21-22,26H,4,7-8,13-18H2,1-2H3,(H,30,35). The molecule has 3 fully saturated rings. The first kappa shape index (κ1) is 26.4. The molecule has 0 bridgehead atoms. The number of amides is 4. The molecule has 3 aliphatic heterocycles. The molecule has 9 heteroatoms. The van der Waals surface area contributed by atoms with E-state index in [0.29, 0.717) is 24.3 Å². The molecular weight excluding hydrogens is 500 g/mol. The summed E-state index contributed by atoms with van der Waals surface area (Å²) < 4.78 is 0. The highest BCUT2D eigenvalue weighted by Crippen LogP contribution is 2.32. The van der Waals surface area contributed by atoms with Gasteiger partial charge in [-0.05, 0) is 55.7 Å². The number of urea groups is 1. The summed E-state index contributed by atoms with van der Waals surface area (Å²) in [5.41, 5.74) is 1.04. The molecule has 1 N–H and O–H groups in total. The summed E-state index contributed by atoms with van der Waals surface area (Å²) in [4.78, 5) is 60.0. The predicted molar refractivity (Wildman–Crippen MR) is 147 cm³/mol. The van der Waals surface area contributed by atoms with E-state index in [1.165, 1.54) is 11.3 Å². The summed E-state index contributed by atoms with van der Waals surface area (Å²) in [6.07, 6.45) is 4.15. The molecule has 0 aliphatic carbocycles. The van der Waals surface area contributed by atoms with Gasteiger partial charge in [-0.1, -0.05) is 44.2 Å². The first-order chi connectivity index (χ1) is 18.3. The number of nitrogens with one attached hydrogen (secondary N) is 1. The van der Waals surface area contributed by atoms with Crippen molar-refractivity contribution in [2.75, 3.05) is 26.2 Å². The molecular formula is C29H36N4O4S. The second kappa shape index (κ2) is 11.3. The van der Waals surface area contributed by atoms with Gasteiger partial charge in [-0.15, -0.1) is 11.3 Å². The van der Waals surface area contributed by atoms with E-state index >= 15 is 0 Å². The van der Waals surface area contributed by atoms with Crippen LogP contribution in [0.25, 0.3) is 10.4 Å². The molecule has 38 heavy (non-hydrogen) atoms. The van der Waals surface area contributed by atoms with E-state index < -0.39 is 12.1 Å². The van der Waals surface area contributed by atoms with Gasteiger partial charge in [0.25, 0.3) is 5.91 Å². The Bertz CT molecular complexity index is 1190. The fourth-order valence-corrected chi connectivity index (χ4v) is 6.85. The largest absolute Gasteiger partial charge is 0.340 e. The van der Waals surface area contributed by atoms with E-state index in [-0.39, 0.29) is 42.1 Å². The molecule has 1 aromatic heterocycles. The Morgan fingerprint density at radius 2 is 1.71 bits per heavy atom. The zero-order chi connectivity index (χ0) is 26.8. The van der Waals surface area contributed by atoms with Crippen molar-refractivity contribution >= 4 is 35.0 Å². The molecule has 8 nitrogen and oxygen atoms in total. The Balaban J connectivity index is 1.29. The number of piperidine rings is 1. The van der Waals surface area contributed by atoms with Gasteiger partial charge in [0.1, 0.15) is 12.1 Å². The number of Topliss-reactive ketones (excluding diaryl/α,β-unsaturated/α-hetero) is 1. The lowest BCUT2D eigenvalue weighted by Crippen LogP contribution is -2.53. The highest BCUT2D eigenvalue weighted by atomic mass is 32.1. The van der Waals surface area contributed by atoms with E-state index in [0.717, 1.165) is 42.8 Å². The molecule has 4 heterocycles. The molecule has 0 saturated carbocycles. The molecule has 202 valence electrons. The number of nitrogens with zero attached hydrogens (tertiary/aromatic N) is 3. The van der Waals surface area contributed by atoms with Crippen molar-refractivity contribution in [2.24, 2.45) is 5.92 Å². The maximum atomic E-state index is 13.8. The maximum absolute atomic E-state index is 13.8. The number of ketones is 1. The summed E-state index contributed by atoms with van der Waals surface area (Å²) in [6.45, 7) is 5.93. The van der Waals surface area contributed by atoms with Crippen LogP contribution in [0.1, 0.15) is 55.6 Å². The van der Waals surface area contributed by atoms with Gasteiger partial charge >= 0.3 is 6.03 Å². The zero-order valence-electron chi connectivity index (χ0n) is 22.1. The smallest absolute Gasteiger partial charge is 0.320 e. The van der Waals surface area contributed by atoms with Crippen LogP contribution in [-0.2, 0) is 9.59 Å². The molecule has 3 aliphatic rings. The average Bonchev–Trinajstić information content (AvgIpc) is 3.66. The molecule has 4 amide bonds. The number of carbonyl (C=O) groups excluding carboxylic acids is 4. The van der Waals surface area contributed by atoms with Crippen molar-refractivity contribution in [3.8, 4) is 10.4 Å². The minimum absolute atomic E-state index is 0.0487. The van der Waals surface area contributed by atoms with Gasteiger partial charge in [-0.3, -0.25) is 14.4 Å². The monoisotopic (exact) mass is 536 g/mol. The number of hydrogen-bond donors (Lipinski definition) is 1. The van der Waals surface area contributed by atoms with Crippen LogP contribution in [0, 0.1) is 5.92 Å². The van der Waals surface area contributed by atoms with E-state index in [1.807, 2.05) is 55.1 Å². The lowest BCUT2D eigenvalue weighted by Gasteiger charge is -2.33. The van der Waals surface area contributed by atoms with Crippen molar-refractivity contribution in [2.45, 2.75) is 64.1 Å². The molecule has 0 radical (unpaired) electrons. The number of carbonyl (C=O) groups is 4. The molecule has 3 unspecified atom stereocenters. The Morgan fingerprint density at radius 1 is 0.974 bits per heavy atom. The van der Waals surface area contributed by atoms with Crippen LogP contribution in [0.2, 0.25) is 0 Å². The van der Waals surface area contributed by atoms with E-state index in [2.05, 4.69) is 5.32 Å². The van der Waals surface area contributed by atoms with Gasteiger partial charge in [0.05, 0.1) is 17.5 Å². The minimum atomic E-state index is -0.733. The Labute approximate surface area is 228 Å². The van der Waals surface area contributed by atoms with Crippen LogP contribution >= 0.6 is 11.3 Å². The number of likely N-dealkylation sites (tertiary alicyclic amines) is 3. The van der Waals surface area contributed by atoms with E-state index in [1.54, 1.807) is 15.9 Å². The van der Waals surface area contributed by atoms with Gasteiger partial charge < -0.3 is 20.0 Å². The van der Waals surface area contributed by atoms with Gasteiger partial charge in [-0.2, -0.15) is 0 Å². The quantitative estimate of drug-likeness (QED) is 0.604. The highest BCUT2D eigenvalue weighted by molar-refractivity contribution is 7.17. The maximum Gasteiger partial charge on any atom is 0.320 e. The SMILES string of the molecule is CC(C)CC(NC(=O)c1ccc(-c2ccccc2)s1)C(=O)N1CCC2C1C(=O)CN2C(=O)N1CCCCC1. The lowest BCUT2D eigenvalue weighted by molar-refractivity contribution is -0.138. The second-order valence-electron chi connectivity index (χ2n) is 10.9. The number of benzene rings is 1. The number of rotatable bonds is 6. The summed E-state index contributed by atoms with van der Waals surface area (Å²) in [5.74, 6) is -0.444. The van der Waals surface area contributed by atoms with Gasteiger partial charge in [0.2, 0.25) is 5.91 Å². The summed E-state index contributed by atoms with van der Waals surface area (Å²) in [7, 11) is 0. The Morgan fingerprint density at radius 3 is 2.42 bits per heavy atom. The normalized spacial score (nSPS) is 22.1. The van der Waals surface area contributed by atoms with Crippen molar-refractivity contribution in [1.82, 2.24) is 20.0 Å². The third-order valence-electron chi connectivity index (χ3n) is 7.78. The molecule has 2 aromatic rings. The van der Waals surface area contributed by atoms with Crippen molar-refractivity contribution < 1.29 is 19.2 Å². The molecule has 5 rings (SSSR count). The average molecular weight is 537 g/mol. The van der Waals surface area contributed by atoms with Crippen molar-refractivity contribution in [3.05, 3.63) is 47.3 Å². The van der Waals surface area contributed by atoms with E-state index in [4.69, 9.17) is 0 Å². The molecule has 3 atom stereocenters. The van der Waals surface area contributed by atoms with Crippen LogP contribution < -0.4 is 5.32 Å². The second-order valence-corrected chi connectivity index (χ2v) is 12.0. The summed E-state index contributed by atoms with van der Waals surface area (Å²) in [6, 6.07) is 11.8. The summed E-state index contributed by atoms with van der Waals surface area (Å²) >= 11 is 1.39.